The van der Waals surface area contributed by atoms with Crippen LogP contribution in [0.15, 0.2) is 24.3 Å². The van der Waals surface area contributed by atoms with Crippen LogP contribution in [0.2, 0.25) is 0 Å². The molecule has 2 heterocycles. The number of nitrogens with zero attached hydrogens (tertiary/aromatic N) is 2. The minimum absolute atomic E-state index is 0.0406. The lowest BCUT2D eigenvalue weighted by atomic mass is 9.89. The number of rotatable bonds is 3. The number of Topliss-reactive ketones (excluding diaryl/α,β-unsaturated/α-hetero) is 1. The molecule has 2 aliphatic rings. The van der Waals surface area contributed by atoms with E-state index < -0.39 is 5.97 Å². The molecule has 30 heavy (non-hydrogen) atoms. The van der Waals surface area contributed by atoms with Gasteiger partial charge < -0.3 is 14.9 Å². The molecular weight excluding hydrogens is 391 g/mol. The van der Waals surface area contributed by atoms with Gasteiger partial charge in [-0.15, -0.1) is 0 Å². The highest BCUT2D eigenvalue weighted by Crippen LogP contribution is 2.22. The first-order valence-electron chi connectivity index (χ1n) is 10.2. The summed E-state index contributed by atoms with van der Waals surface area (Å²) in [4.78, 5) is 48.2. The van der Waals surface area contributed by atoms with Crippen molar-refractivity contribution in [2.75, 3.05) is 26.2 Å². The third-order valence-corrected chi connectivity index (χ3v) is 5.73. The Hall–Kier alpha value is -2.77. The average molecular weight is 420 g/mol. The molecular formula is C22H29FN2O5. The summed E-state index contributed by atoms with van der Waals surface area (Å²) in [5.74, 6) is -1.22. The third kappa shape index (κ3) is 6.64. The molecule has 0 aliphatic carbocycles. The number of hydrogen-bond acceptors (Lipinski definition) is 4. The molecule has 0 unspecified atom stereocenters. The summed E-state index contributed by atoms with van der Waals surface area (Å²) in [5.41, 5.74) is 0.553. The quantitative estimate of drug-likeness (QED) is 0.759. The number of halogens is 1. The smallest absolute Gasteiger partial charge is 0.306 e. The van der Waals surface area contributed by atoms with E-state index in [9.17, 15) is 23.6 Å². The van der Waals surface area contributed by atoms with Crippen molar-refractivity contribution >= 4 is 23.6 Å². The van der Waals surface area contributed by atoms with Gasteiger partial charge in [0.1, 0.15) is 5.82 Å². The van der Waals surface area contributed by atoms with E-state index in [1.54, 1.807) is 16.7 Å². The molecule has 0 atom stereocenters. The maximum Gasteiger partial charge on any atom is 0.306 e. The lowest BCUT2D eigenvalue weighted by Gasteiger charge is -2.30. The van der Waals surface area contributed by atoms with E-state index in [0.717, 1.165) is 0 Å². The number of ketones is 1. The SMILES string of the molecule is CC(=O)N1CCC(C(=O)O)CC1.CC(=O)N1CCC(C(=O)c2ccc(F)cc2)CC1. The lowest BCUT2D eigenvalue weighted by Crippen LogP contribution is -2.39. The zero-order chi connectivity index (χ0) is 22.3. The minimum atomic E-state index is -0.738. The molecule has 1 N–H and O–H groups in total. The molecule has 0 saturated carbocycles. The maximum atomic E-state index is 12.8. The standard InChI is InChI=1S/C14H16FNO2.C8H13NO3/c1-10(17)16-8-6-12(7-9-16)14(18)11-2-4-13(15)5-3-11;1-6(10)9-4-2-7(3-5-9)8(11)12/h2-5,12H,6-9H2,1H3;7H,2-5H2,1H3,(H,11,12). The van der Waals surface area contributed by atoms with Gasteiger partial charge in [-0.3, -0.25) is 19.2 Å². The molecule has 3 rings (SSSR count). The molecule has 0 spiro atoms. The van der Waals surface area contributed by atoms with Crippen LogP contribution in [0.4, 0.5) is 4.39 Å². The van der Waals surface area contributed by atoms with Crippen molar-refractivity contribution in [1.82, 2.24) is 9.80 Å². The minimum Gasteiger partial charge on any atom is -0.481 e. The van der Waals surface area contributed by atoms with Crippen molar-refractivity contribution in [1.29, 1.82) is 0 Å². The number of amides is 2. The number of carbonyl (C=O) groups excluding carboxylic acids is 3. The third-order valence-electron chi connectivity index (χ3n) is 5.73. The van der Waals surface area contributed by atoms with Gasteiger partial charge in [0.15, 0.2) is 5.78 Å². The number of piperidine rings is 2. The normalized spacial score (nSPS) is 17.7. The first kappa shape index (κ1) is 23.5. The van der Waals surface area contributed by atoms with Crippen LogP contribution in [0, 0.1) is 17.7 Å². The summed E-state index contributed by atoms with van der Waals surface area (Å²) in [5, 5.41) is 8.66. The van der Waals surface area contributed by atoms with Crippen LogP contribution in [0.1, 0.15) is 49.9 Å². The van der Waals surface area contributed by atoms with Gasteiger partial charge in [-0.1, -0.05) is 0 Å². The Morgan fingerprint density at radius 3 is 1.57 bits per heavy atom. The van der Waals surface area contributed by atoms with Crippen molar-refractivity contribution in [3.63, 3.8) is 0 Å². The second kappa shape index (κ2) is 10.8. The molecule has 2 aliphatic heterocycles. The molecule has 7 nitrogen and oxygen atoms in total. The number of likely N-dealkylation sites (tertiary alicyclic amines) is 2. The molecule has 0 bridgehead atoms. The highest BCUT2D eigenvalue weighted by molar-refractivity contribution is 5.98. The molecule has 0 aromatic heterocycles. The Bertz CT molecular complexity index is 742. The van der Waals surface area contributed by atoms with Gasteiger partial charge >= 0.3 is 5.97 Å². The molecule has 8 heteroatoms. The van der Waals surface area contributed by atoms with Crippen LogP contribution in [-0.2, 0) is 14.4 Å². The van der Waals surface area contributed by atoms with Crippen molar-refractivity contribution in [3.8, 4) is 0 Å². The first-order valence-corrected chi connectivity index (χ1v) is 10.2. The van der Waals surface area contributed by atoms with Gasteiger partial charge in [-0.2, -0.15) is 0 Å². The zero-order valence-electron chi connectivity index (χ0n) is 17.5. The van der Waals surface area contributed by atoms with E-state index in [2.05, 4.69) is 0 Å². The summed E-state index contributed by atoms with van der Waals surface area (Å²) in [7, 11) is 0. The van der Waals surface area contributed by atoms with Gasteiger partial charge in [0.05, 0.1) is 5.92 Å². The van der Waals surface area contributed by atoms with Gasteiger partial charge in [-0.25, -0.2) is 4.39 Å². The Kier molecular flexibility index (Phi) is 8.50. The van der Waals surface area contributed by atoms with Crippen LogP contribution < -0.4 is 0 Å². The Morgan fingerprint density at radius 1 is 0.800 bits per heavy atom. The fourth-order valence-corrected chi connectivity index (χ4v) is 3.75. The molecule has 2 fully saturated rings. The average Bonchev–Trinajstić information content (AvgIpc) is 2.74. The second-order valence-electron chi connectivity index (χ2n) is 7.77. The van der Waals surface area contributed by atoms with Gasteiger partial charge in [0.2, 0.25) is 11.8 Å². The molecule has 1 aromatic rings. The number of carboxylic acid groups (broad SMARTS) is 1. The number of aliphatic carboxylic acids is 1. The van der Waals surface area contributed by atoms with E-state index in [1.807, 2.05) is 0 Å². The number of carbonyl (C=O) groups is 4. The fraction of sp³-hybridized carbons (Fsp3) is 0.545. The highest BCUT2D eigenvalue weighted by Gasteiger charge is 2.27. The van der Waals surface area contributed by atoms with E-state index in [1.165, 1.54) is 31.2 Å². The molecule has 2 amide bonds. The van der Waals surface area contributed by atoms with Crippen LogP contribution in [0.5, 0.6) is 0 Å². The lowest BCUT2D eigenvalue weighted by molar-refractivity contribution is -0.145. The summed E-state index contributed by atoms with van der Waals surface area (Å²) in [6.45, 7) is 5.50. The predicted molar refractivity (Wildman–Crippen MR) is 108 cm³/mol. The number of carboxylic acids is 1. The van der Waals surface area contributed by atoms with Gasteiger partial charge in [0, 0.05) is 51.5 Å². The number of benzene rings is 1. The fourth-order valence-electron chi connectivity index (χ4n) is 3.75. The molecule has 1 aromatic carbocycles. The van der Waals surface area contributed by atoms with Crippen LogP contribution >= 0.6 is 0 Å². The van der Waals surface area contributed by atoms with Crippen molar-refractivity contribution in [2.45, 2.75) is 39.5 Å². The van der Waals surface area contributed by atoms with Crippen LogP contribution in [0.3, 0.4) is 0 Å². The highest BCUT2D eigenvalue weighted by atomic mass is 19.1. The van der Waals surface area contributed by atoms with Crippen LogP contribution in [-0.4, -0.2) is 64.7 Å². The molecule has 164 valence electrons. The summed E-state index contributed by atoms with van der Waals surface area (Å²) < 4.78 is 12.8. The number of hydrogen-bond donors (Lipinski definition) is 1. The van der Waals surface area contributed by atoms with Gasteiger partial charge in [0.25, 0.3) is 0 Å². The van der Waals surface area contributed by atoms with Crippen molar-refractivity contribution in [2.24, 2.45) is 11.8 Å². The summed E-state index contributed by atoms with van der Waals surface area (Å²) in [6, 6.07) is 5.65. The zero-order valence-corrected chi connectivity index (χ0v) is 17.5. The Balaban J connectivity index is 0.000000232. The van der Waals surface area contributed by atoms with Crippen molar-refractivity contribution in [3.05, 3.63) is 35.6 Å². The van der Waals surface area contributed by atoms with E-state index in [4.69, 9.17) is 5.11 Å². The Labute approximate surface area is 175 Å². The van der Waals surface area contributed by atoms with E-state index >= 15 is 0 Å². The summed E-state index contributed by atoms with van der Waals surface area (Å²) in [6.07, 6.45) is 2.56. The molecule has 0 radical (unpaired) electrons. The van der Waals surface area contributed by atoms with E-state index in [0.29, 0.717) is 57.4 Å². The Morgan fingerprint density at radius 2 is 1.20 bits per heavy atom. The van der Waals surface area contributed by atoms with Crippen LogP contribution in [0.25, 0.3) is 0 Å². The predicted octanol–water partition coefficient (Wildman–Crippen LogP) is 2.60. The maximum absolute atomic E-state index is 12.8. The first-order chi connectivity index (χ1) is 14.2. The van der Waals surface area contributed by atoms with E-state index in [-0.39, 0.29) is 35.3 Å². The van der Waals surface area contributed by atoms with Crippen molar-refractivity contribution < 1.29 is 28.7 Å². The second-order valence-corrected chi connectivity index (χ2v) is 7.77. The largest absolute Gasteiger partial charge is 0.481 e. The monoisotopic (exact) mass is 420 g/mol. The van der Waals surface area contributed by atoms with Gasteiger partial charge in [-0.05, 0) is 49.9 Å². The molecule has 2 saturated heterocycles. The summed E-state index contributed by atoms with van der Waals surface area (Å²) >= 11 is 0. The topological polar surface area (TPSA) is 95.0 Å².